The van der Waals surface area contributed by atoms with Crippen molar-refractivity contribution in [3.8, 4) is 5.75 Å². The summed E-state index contributed by atoms with van der Waals surface area (Å²) in [6.07, 6.45) is 1.11. The lowest BCUT2D eigenvalue weighted by Gasteiger charge is -2.23. The zero-order chi connectivity index (χ0) is 14.9. The van der Waals surface area contributed by atoms with E-state index >= 15 is 0 Å². The summed E-state index contributed by atoms with van der Waals surface area (Å²) < 4.78 is 6.82. The van der Waals surface area contributed by atoms with Crippen molar-refractivity contribution in [3.63, 3.8) is 0 Å². The molecule has 0 spiro atoms. The third kappa shape index (κ3) is 3.02. The first kappa shape index (κ1) is 15.8. The quantitative estimate of drug-likeness (QED) is 0.911. The highest BCUT2D eigenvalue weighted by Crippen LogP contribution is 2.41. The zero-order valence-corrected chi connectivity index (χ0v) is 14.4. The molecule has 0 bridgehead atoms. The van der Waals surface area contributed by atoms with Crippen LogP contribution in [0, 0.1) is 5.92 Å². The van der Waals surface area contributed by atoms with Gasteiger partial charge in [0.25, 0.3) is 0 Å². The van der Waals surface area contributed by atoms with Crippen molar-refractivity contribution in [2.24, 2.45) is 11.7 Å². The topological polar surface area (TPSA) is 38.5 Å². The minimum Gasteiger partial charge on any atom is -0.496 e. The lowest BCUT2D eigenvalue weighted by Crippen LogP contribution is -2.21. The molecule has 0 aliphatic carbocycles. The fraction of sp³-hybridized carbons (Fsp3) is 0.625. The van der Waals surface area contributed by atoms with E-state index < -0.39 is 0 Å². The molecular weight excluding hydrogens is 316 g/mol. The molecule has 1 saturated heterocycles. The maximum atomic E-state index is 5.83. The van der Waals surface area contributed by atoms with Crippen molar-refractivity contribution in [2.45, 2.75) is 32.2 Å². The third-order valence-electron chi connectivity index (χ3n) is 4.30. The molecule has 3 nitrogen and oxygen atoms in total. The molecule has 1 aromatic carbocycles. The smallest absolute Gasteiger partial charge is 0.124 e. The molecule has 0 radical (unpaired) electrons. The van der Waals surface area contributed by atoms with Crippen LogP contribution in [-0.2, 0) is 0 Å². The Balaban J connectivity index is 2.39. The number of halogens is 1. The molecule has 1 heterocycles. The highest BCUT2D eigenvalue weighted by Gasteiger charge is 2.32. The summed E-state index contributed by atoms with van der Waals surface area (Å²) in [6, 6.07) is 4.80. The monoisotopic (exact) mass is 340 g/mol. The Kier molecular flexibility index (Phi) is 5.10. The molecule has 1 aromatic rings. The van der Waals surface area contributed by atoms with Crippen molar-refractivity contribution in [3.05, 3.63) is 27.7 Å². The summed E-state index contributed by atoms with van der Waals surface area (Å²) in [7, 11) is 3.93. The van der Waals surface area contributed by atoms with Crippen LogP contribution >= 0.6 is 15.9 Å². The Morgan fingerprint density at radius 2 is 2.15 bits per heavy atom. The number of nitrogens with two attached hydrogens (primary N) is 1. The first-order chi connectivity index (χ1) is 9.47. The van der Waals surface area contributed by atoms with Crippen LogP contribution in [0.25, 0.3) is 0 Å². The lowest BCUT2D eigenvalue weighted by molar-refractivity contribution is 0.302. The summed E-state index contributed by atoms with van der Waals surface area (Å²) >= 11 is 3.71. The second kappa shape index (κ2) is 6.46. The van der Waals surface area contributed by atoms with Gasteiger partial charge in [0.2, 0.25) is 0 Å². The predicted molar refractivity (Wildman–Crippen MR) is 87.3 cm³/mol. The van der Waals surface area contributed by atoms with Crippen LogP contribution in [0.2, 0.25) is 0 Å². The molecule has 2 N–H and O–H groups in total. The molecule has 112 valence electrons. The summed E-state index contributed by atoms with van der Waals surface area (Å²) in [6.45, 7) is 6.22. The average Bonchev–Trinajstić information content (AvgIpc) is 2.79. The molecule has 1 aliphatic heterocycles. The van der Waals surface area contributed by atoms with Gasteiger partial charge in [-0.25, -0.2) is 0 Å². The minimum atomic E-state index is 0.399. The third-order valence-corrected chi connectivity index (χ3v) is 4.98. The molecule has 0 amide bonds. The van der Waals surface area contributed by atoms with Gasteiger partial charge >= 0.3 is 0 Å². The highest BCUT2D eigenvalue weighted by molar-refractivity contribution is 9.10. The molecule has 1 fully saturated rings. The van der Waals surface area contributed by atoms with Crippen LogP contribution in [0.4, 0.5) is 0 Å². The Hall–Kier alpha value is -0.580. The predicted octanol–water partition coefficient (Wildman–Crippen LogP) is 3.53. The minimum absolute atomic E-state index is 0.399. The zero-order valence-electron chi connectivity index (χ0n) is 12.8. The SMILES string of the molecule is COc1cc(C(C)C)c(Br)cc1C1CC(CN)CN1C. The van der Waals surface area contributed by atoms with E-state index in [4.69, 9.17) is 10.5 Å². The van der Waals surface area contributed by atoms with Gasteiger partial charge in [0.15, 0.2) is 0 Å². The normalized spacial score (nSPS) is 23.6. The Morgan fingerprint density at radius 3 is 2.65 bits per heavy atom. The maximum absolute atomic E-state index is 5.83. The van der Waals surface area contributed by atoms with Gasteiger partial charge in [-0.1, -0.05) is 29.8 Å². The average molecular weight is 341 g/mol. The van der Waals surface area contributed by atoms with E-state index in [-0.39, 0.29) is 0 Å². The van der Waals surface area contributed by atoms with Crippen molar-refractivity contribution in [2.75, 3.05) is 27.2 Å². The van der Waals surface area contributed by atoms with Gasteiger partial charge in [-0.3, -0.25) is 4.90 Å². The summed E-state index contributed by atoms with van der Waals surface area (Å²) in [5.74, 6) is 2.05. The molecule has 0 saturated carbocycles. The second-order valence-corrected chi connectivity index (χ2v) is 6.92. The first-order valence-electron chi connectivity index (χ1n) is 7.25. The van der Waals surface area contributed by atoms with Crippen LogP contribution in [0.3, 0.4) is 0 Å². The molecule has 4 heteroatoms. The molecule has 20 heavy (non-hydrogen) atoms. The number of methoxy groups -OCH3 is 1. The van der Waals surface area contributed by atoms with Gasteiger partial charge < -0.3 is 10.5 Å². The molecule has 1 aliphatic rings. The van der Waals surface area contributed by atoms with Crippen LogP contribution < -0.4 is 10.5 Å². The number of nitrogens with zero attached hydrogens (tertiary/aromatic N) is 1. The number of hydrogen-bond donors (Lipinski definition) is 1. The van der Waals surface area contributed by atoms with E-state index in [2.05, 4.69) is 53.9 Å². The van der Waals surface area contributed by atoms with Gasteiger partial charge in [0.05, 0.1) is 7.11 Å². The maximum Gasteiger partial charge on any atom is 0.124 e. The van der Waals surface area contributed by atoms with Gasteiger partial charge in [-0.05, 0) is 49.5 Å². The molecular formula is C16H25BrN2O. The van der Waals surface area contributed by atoms with Crippen molar-refractivity contribution in [1.29, 1.82) is 0 Å². The van der Waals surface area contributed by atoms with Crippen molar-refractivity contribution < 1.29 is 4.74 Å². The van der Waals surface area contributed by atoms with Crippen LogP contribution in [0.5, 0.6) is 5.75 Å². The van der Waals surface area contributed by atoms with E-state index in [0.717, 1.165) is 25.3 Å². The van der Waals surface area contributed by atoms with E-state index in [0.29, 0.717) is 17.9 Å². The van der Waals surface area contributed by atoms with Crippen molar-refractivity contribution in [1.82, 2.24) is 4.90 Å². The van der Waals surface area contributed by atoms with E-state index in [9.17, 15) is 0 Å². The summed E-state index contributed by atoms with van der Waals surface area (Å²) in [5, 5.41) is 0. The Bertz CT molecular complexity index is 476. The second-order valence-electron chi connectivity index (χ2n) is 6.06. The first-order valence-corrected chi connectivity index (χ1v) is 8.04. The standard InChI is InChI=1S/C16H25BrN2O/c1-10(2)12-7-16(20-4)13(6-14(12)17)15-5-11(8-18)9-19(15)3/h6-7,10-11,15H,5,8-9,18H2,1-4H3. The summed E-state index contributed by atoms with van der Waals surface area (Å²) in [5.41, 5.74) is 8.39. The number of hydrogen-bond acceptors (Lipinski definition) is 3. The Morgan fingerprint density at radius 1 is 1.45 bits per heavy atom. The largest absolute Gasteiger partial charge is 0.496 e. The molecule has 0 aromatic heterocycles. The van der Waals surface area contributed by atoms with Gasteiger partial charge in [0, 0.05) is 22.6 Å². The number of rotatable bonds is 4. The number of benzene rings is 1. The lowest BCUT2D eigenvalue weighted by atomic mass is 9.95. The molecule has 2 rings (SSSR count). The van der Waals surface area contributed by atoms with E-state index in [1.165, 1.54) is 15.6 Å². The van der Waals surface area contributed by atoms with Crippen LogP contribution in [0.15, 0.2) is 16.6 Å². The Labute approximate surface area is 130 Å². The fourth-order valence-electron chi connectivity index (χ4n) is 3.10. The summed E-state index contributed by atoms with van der Waals surface area (Å²) in [4.78, 5) is 2.39. The van der Waals surface area contributed by atoms with Gasteiger partial charge in [-0.15, -0.1) is 0 Å². The van der Waals surface area contributed by atoms with Crippen LogP contribution in [0.1, 0.15) is 43.4 Å². The number of ether oxygens (including phenoxy) is 1. The van der Waals surface area contributed by atoms with Gasteiger partial charge in [0.1, 0.15) is 5.75 Å². The van der Waals surface area contributed by atoms with E-state index in [1.807, 2.05) is 0 Å². The van der Waals surface area contributed by atoms with Crippen molar-refractivity contribution >= 4 is 15.9 Å². The van der Waals surface area contributed by atoms with Crippen LogP contribution in [-0.4, -0.2) is 32.1 Å². The molecule has 2 unspecified atom stereocenters. The highest BCUT2D eigenvalue weighted by atomic mass is 79.9. The molecule has 2 atom stereocenters. The van der Waals surface area contributed by atoms with Gasteiger partial charge in [-0.2, -0.15) is 0 Å². The fourth-order valence-corrected chi connectivity index (χ4v) is 3.92. The van der Waals surface area contributed by atoms with E-state index in [1.54, 1.807) is 7.11 Å². The number of likely N-dealkylation sites (tertiary alicyclic amines) is 1.